The van der Waals surface area contributed by atoms with Crippen molar-refractivity contribution in [2.24, 2.45) is 11.8 Å². The number of likely N-dealkylation sites (tertiary alicyclic amines) is 1. The number of nitrogens with zero attached hydrogens (tertiary/aromatic N) is 3. The number of hydrogen-bond donors (Lipinski definition) is 3. The monoisotopic (exact) mass is 560 g/mol. The predicted molar refractivity (Wildman–Crippen MR) is 144 cm³/mol. The fraction of sp³-hybridized carbons (Fsp3) is 0.462. The molecule has 10 nitrogen and oxygen atoms in total. The molecule has 1 aromatic carbocycles. The number of anilines is 1. The molecule has 2 amide bonds. The van der Waals surface area contributed by atoms with Crippen LogP contribution in [0.4, 0.5) is 5.69 Å². The Kier molecular flexibility index (Phi) is 8.52. The number of Topliss-reactive ketones (excluding diaryl/α,β-unsaturated/α-hetero) is 1. The van der Waals surface area contributed by atoms with Gasteiger partial charge >= 0.3 is 0 Å². The van der Waals surface area contributed by atoms with Gasteiger partial charge in [-0.05, 0) is 43.0 Å². The Morgan fingerprint density at radius 1 is 1.24 bits per heavy atom. The van der Waals surface area contributed by atoms with Crippen molar-refractivity contribution in [3.05, 3.63) is 48.0 Å². The predicted octanol–water partition coefficient (Wildman–Crippen LogP) is 2.97. The van der Waals surface area contributed by atoms with Crippen molar-refractivity contribution < 1.29 is 19.1 Å². The lowest BCUT2D eigenvalue weighted by atomic mass is 10.0. The SMILES string of the molecule is CC(=O)C(=N)c1cc(OCc2ncccn2)ccc1NCC(=O)N1CCC[C@H]1C(=O)NCC1C(C)C1(Cl)Cl. The zero-order valence-electron chi connectivity index (χ0n) is 21.2. The van der Waals surface area contributed by atoms with Crippen LogP contribution in [-0.4, -0.2) is 68.2 Å². The highest BCUT2D eigenvalue weighted by molar-refractivity contribution is 6.51. The van der Waals surface area contributed by atoms with Crippen LogP contribution < -0.4 is 15.4 Å². The molecule has 1 aliphatic carbocycles. The molecule has 0 bridgehead atoms. The summed E-state index contributed by atoms with van der Waals surface area (Å²) in [5.41, 5.74) is 0.519. The first kappa shape index (κ1) is 27.8. The van der Waals surface area contributed by atoms with Gasteiger partial charge in [0.15, 0.2) is 11.6 Å². The third-order valence-electron chi connectivity index (χ3n) is 7.00. The number of ketones is 1. The van der Waals surface area contributed by atoms with Gasteiger partial charge in [-0.3, -0.25) is 19.8 Å². The van der Waals surface area contributed by atoms with Crippen molar-refractivity contribution in [1.29, 1.82) is 5.41 Å². The van der Waals surface area contributed by atoms with E-state index in [4.69, 9.17) is 33.3 Å². The number of hydrogen-bond acceptors (Lipinski definition) is 8. The summed E-state index contributed by atoms with van der Waals surface area (Å²) in [6.45, 7) is 4.09. The summed E-state index contributed by atoms with van der Waals surface area (Å²) < 4.78 is 4.92. The average Bonchev–Trinajstić information content (AvgIpc) is 3.23. The van der Waals surface area contributed by atoms with Gasteiger partial charge in [-0.25, -0.2) is 9.97 Å². The zero-order valence-corrected chi connectivity index (χ0v) is 22.7. The molecule has 12 heteroatoms. The van der Waals surface area contributed by atoms with E-state index in [9.17, 15) is 14.4 Å². The molecule has 38 heavy (non-hydrogen) atoms. The van der Waals surface area contributed by atoms with E-state index in [1.54, 1.807) is 41.6 Å². The first-order chi connectivity index (χ1) is 18.1. The quantitative estimate of drug-likeness (QED) is 0.283. The van der Waals surface area contributed by atoms with E-state index in [-0.39, 0.29) is 42.5 Å². The number of ether oxygens (including phenoxy) is 1. The molecular weight excluding hydrogens is 531 g/mol. The van der Waals surface area contributed by atoms with E-state index >= 15 is 0 Å². The van der Waals surface area contributed by atoms with E-state index < -0.39 is 16.2 Å². The number of aromatic nitrogens is 2. The van der Waals surface area contributed by atoms with Gasteiger partial charge in [0, 0.05) is 49.6 Å². The maximum Gasteiger partial charge on any atom is 0.242 e. The molecule has 0 radical (unpaired) electrons. The van der Waals surface area contributed by atoms with Gasteiger partial charge in [-0.2, -0.15) is 0 Å². The van der Waals surface area contributed by atoms with E-state index in [1.165, 1.54) is 6.92 Å². The van der Waals surface area contributed by atoms with Gasteiger partial charge in [0.25, 0.3) is 0 Å². The Morgan fingerprint density at radius 3 is 2.61 bits per heavy atom. The summed E-state index contributed by atoms with van der Waals surface area (Å²) in [7, 11) is 0. The summed E-state index contributed by atoms with van der Waals surface area (Å²) in [6.07, 6.45) is 4.51. The van der Waals surface area contributed by atoms with Crippen molar-refractivity contribution in [2.75, 3.05) is 25.0 Å². The number of halogens is 2. The van der Waals surface area contributed by atoms with Crippen molar-refractivity contribution in [3.63, 3.8) is 0 Å². The summed E-state index contributed by atoms with van der Waals surface area (Å²) in [4.78, 5) is 47.6. The molecule has 1 aliphatic heterocycles. The first-order valence-electron chi connectivity index (χ1n) is 12.4. The van der Waals surface area contributed by atoms with Crippen molar-refractivity contribution in [2.45, 2.75) is 43.7 Å². The molecular formula is C26H30Cl2N6O4. The Morgan fingerprint density at radius 2 is 1.95 bits per heavy atom. The number of alkyl halides is 2. The molecule has 1 saturated heterocycles. The first-order valence-corrected chi connectivity index (χ1v) is 13.2. The number of carbonyl (C=O) groups excluding carboxylic acids is 3. The smallest absolute Gasteiger partial charge is 0.242 e. The summed E-state index contributed by atoms with van der Waals surface area (Å²) in [5.74, 6) is 0.100. The molecule has 2 unspecified atom stereocenters. The number of nitrogens with one attached hydrogen (secondary N) is 3. The van der Waals surface area contributed by atoms with Crippen molar-refractivity contribution in [1.82, 2.24) is 20.2 Å². The van der Waals surface area contributed by atoms with Crippen LogP contribution in [0.25, 0.3) is 0 Å². The van der Waals surface area contributed by atoms with Crippen LogP contribution >= 0.6 is 23.2 Å². The lowest BCUT2D eigenvalue weighted by Gasteiger charge is -2.25. The molecule has 0 spiro atoms. The van der Waals surface area contributed by atoms with Gasteiger partial charge in [0.05, 0.1) is 6.54 Å². The lowest BCUT2D eigenvalue weighted by Crippen LogP contribution is -2.48. The molecule has 2 heterocycles. The van der Waals surface area contributed by atoms with Crippen molar-refractivity contribution in [3.8, 4) is 5.75 Å². The largest absolute Gasteiger partial charge is 0.486 e. The summed E-state index contributed by atoms with van der Waals surface area (Å²) in [5, 5.41) is 14.2. The van der Waals surface area contributed by atoms with Gasteiger partial charge in [0.2, 0.25) is 11.8 Å². The Labute approximate surface area is 231 Å². The molecule has 2 aromatic rings. The number of rotatable bonds is 11. The molecule has 3 atom stereocenters. The van der Waals surface area contributed by atoms with Crippen LogP contribution in [0.5, 0.6) is 5.75 Å². The zero-order chi connectivity index (χ0) is 27.4. The molecule has 2 fully saturated rings. The molecule has 1 aromatic heterocycles. The Balaban J connectivity index is 1.38. The van der Waals surface area contributed by atoms with Crippen LogP contribution in [0.15, 0.2) is 36.7 Å². The number of amides is 2. The topological polar surface area (TPSA) is 137 Å². The molecule has 3 N–H and O–H groups in total. The third-order valence-corrected chi connectivity index (χ3v) is 8.25. The molecule has 2 aliphatic rings. The van der Waals surface area contributed by atoms with Gasteiger partial charge in [0.1, 0.15) is 28.4 Å². The third kappa shape index (κ3) is 6.24. The number of benzene rings is 1. The van der Waals surface area contributed by atoms with E-state index in [2.05, 4.69) is 20.6 Å². The standard InChI is InChI=1S/C26H30Cl2N6O4/c1-15-19(26(15,27)28)12-33-25(37)21-5-3-10-34(21)23(36)13-32-20-7-6-17(11-18(20)24(29)16(2)35)38-14-22-30-8-4-9-31-22/h4,6-9,11,15,19,21,29,32H,3,5,10,12-14H2,1-2H3,(H,33,37)/t15?,19?,21-/m0/s1. The van der Waals surface area contributed by atoms with E-state index in [1.807, 2.05) is 6.92 Å². The fourth-order valence-corrected chi connectivity index (χ4v) is 5.24. The molecule has 202 valence electrons. The Bertz CT molecular complexity index is 1230. The van der Waals surface area contributed by atoms with Gasteiger partial charge < -0.3 is 20.3 Å². The maximum atomic E-state index is 13.1. The maximum absolute atomic E-state index is 13.1. The minimum absolute atomic E-state index is 0.0100. The second-order valence-electron chi connectivity index (χ2n) is 9.51. The highest BCUT2D eigenvalue weighted by Crippen LogP contribution is 2.58. The minimum Gasteiger partial charge on any atom is -0.486 e. The summed E-state index contributed by atoms with van der Waals surface area (Å²) in [6, 6.07) is 6.03. The molecule has 1 saturated carbocycles. The van der Waals surface area contributed by atoms with E-state index in [0.29, 0.717) is 42.3 Å². The van der Waals surface area contributed by atoms with Gasteiger partial charge in [-0.1, -0.05) is 6.92 Å². The average molecular weight is 561 g/mol. The van der Waals surface area contributed by atoms with Crippen LogP contribution in [-0.2, 0) is 21.0 Å². The highest BCUT2D eigenvalue weighted by atomic mass is 35.5. The van der Waals surface area contributed by atoms with Crippen LogP contribution in [0.1, 0.15) is 38.1 Å². The van der Waals surface area contributed by atoms with Crippen LogP contribution in [0.3, 0.4) is 0 Å². The normalized spacial score (nSPS) is 21.5. The second-order valence-corrected chi connectivity index (χ2v) is 11.0. The lowest BCUT2D eigenvalue weighted by molar-refractivity contribution is -0.137. The van der Waals surface area contributed by atoms with Gasteiger partial charge in [-0.15, -0.1) is 23.2 Å². The minimum atomic E-state index is -0.816. The fourth-order valence-electron chi connectivity index (χ4n) is 4.53. The van der Waals surface area contributed by atoms with Crippen molar-refractivity contribution >= 4 is 52.2 Å². The van der Waals surface area contributed by atoms with Crippen LogP contribution in [0.2, 0.25) is 0 Å². The Hall–Kier alpha value is -3.24. The summed E-state index contributed by atoms with van der Waals surface area (Å²) >= 11 is 12.4. The highest BCUT2D eigenvalue weighted by Gasteiger charge is 2.60. The van der Waals surface area contributed by atoms with Crippen LogP contribution in [0, 0.1) is 17.2 Å². The molecule has 4 rings (SSSR count). The number of carbonyl (C=O) groups is 3. The second kappa shape index (κ2) is 11.7. The van der Waals surface area contributed by atoms with E-state index in [0.717, 1.165) is 6.42 Å².